The van der Waals surface area contributed by atoms with E-state index in [9.17, 15) is 23.4 Å². The fourth-order valence-electron chi connectivity index (χ4n) is 1.83. The van der Waals surface area contributed by atoms with E-state index in [1.54, 1.807) is 0 Å². The third kappa shape index (κ3) is 2.14. The molecular formula is C13H5BrF3NO2S. The van der Waals surface area contributed by atoms with Crippen molar-refractivity contribution in [2.75, 3.05) is 0 Å². The fraction of sp³-hybridized carbons (Fsp3) is 0. The second-order valence-electron chi connectivity index (χ2n) is 4.15. The Kier molecular flexibility index (Phi) is 3.29. The van der Waals surface area contributed by atoms with Crippen LogP contribution in [-0.4, -0.2) is 15.2 Å². The van der Waals surface area contributed by atoms with Gasteiger partial charge < -0.3 is 10.2 Å². The number of aromatic hydroxyl groups is 2. The van der Waals surface area contributed by atoms with Crippen LogP contribution in [0, 0.1) is 17.5 Å². The minimum absolute atomic E-state index is 0.109. The largest absolute Gasteiger partial charge is 0.508 e. The number of rotatable bonds is 1. The monoisotopic (exact) mass is 375 g/mol. The van der Waals surface area contributed by atoms with Crippen molar-refractivity contribution in [2.45, 2.75) is 0 Å². The molecule has 0 amide bonds. The van der Waals surface area contributed by atoms with Crippen molar-refractivity contribution in [1.29, 1.82) is 0 Å². The van der Waals surface area contributed by atoms with E-state index in [-0.39, 0.29) is 26.8 Å². The molecule has 3 rings (SSSR count). The summed E-state index contributed by atoms with van der Waals surface area (Å²) in [7, 11) is 0. The molecule has 0 aliphatic carbocycles. The first-order valence-corrected chi connectivity index (χ1v) is 7.16. The van der Waals surface area contributed by atoms with E-state index in [1.165, 1.54) is 12.1 Å². The van der Waals surface area contributed by atoms with E-state index in [4.69, 9.17) is 0 Å². The predicted octanol–water partition coefficient (Wildman–Crippen LogP) is 4.55. The van der Waals surface area contributed by atoms with Gasteiger partial charge in [-0.3, -0.25) is 0 Å². The van der Waals surface area contributed by atoms with E-state index >= 15 is 0 Å². The van der Waals surface area contributed by atoms with Crippen LogP contribution in [0.2, 0.25) is 0 Å². The Morgan fingerprint density at radius 3 is 2.43 bits per heavy atom. The van der Waals surface area contributed by atoms with Crippen molar-refractivity contribution < 1.29 is 23.4 Å². The van der Waals surface area contributed by atoms with Crippen molar-refractivity contribution >= 4 is 37.5 Å². The summed E-state index contributed by atoms with van der Waals surface area (Å²) in [6.45, 7) is 0. The molecule has 0 fully saturated rings. The van der Waals surface area contributed by atoms with Gasteiger partial charge in [0.1, 0.15) is 22.0 Å². The lowest BCUT2D eigenvalue weighted by Crippen LogP contribution is -1.92. The van der Waals surface area contributed by atoms with E-state index < -0.39 is 27.4 Å². The average Bonchev–Trinajstić information content (AvgIpc) is 2.88. The van der Waals surface area contributed by atoms with Crippen molar-refractivity contribution in [1.82, 2.24) is 4.98 Å². The second-order valence-corrected chi connectivity index (χ2v) is 5.95. The lowest BCUT2D eigenvalue weighted by molar-refractivity contribution is 0.452. The number of benzene rings is 2. The van der Waals surface area contributed by atoms with Gasteiger partial charge in [-0.15, -0.1) is 11.3 Å². The maximum atomic E-state index is 13.9. The zero-order valence-corrected chi connectivity index (χ0v) is 12.4. The molecule has 0 spiro atoms. The molecule has 0 aliphatic heterocycles. The van der Waals surface area contributed by atoms with Gasteiger partial charge in [0.05, 0.1) is 14.7 Å². The maximum absolute atomic E-state index is 13.9. The number of phenols is 2. The molecule has 1 aromatic heterocycles. The van der Waals surface area contributed by atoms with E-state index in [1.807, 2.05) is 0 Å². The predicted molar refractivity (Wildman–Crippen MR) is 76.0 cm³/mol. The molecule has 21 heavy (non-hydrogen) atoms. The zero-order chi connectivity index (χ0) is 15.3. The van der Waals surface area contributed by atoms with Crippen molar-refractivity contribution in [3.05, 3.63) is 40.1 Å². The SMILES string of the molecule is Oc1ccc(-c2nc3c(F)c(F)c(Br)c(F)c3s2)c(O)c1. The molecule has 8 heteroatoms. The molecule has 0 atom stereocenters. The summed E-state index contributed by atoms with van der Waals surface area (Å²) in [5.41, 5.74) is -0.259. The van der Waals surface area contributed by atoms with Crippen LogP contribution < -0.4 is 0 Å². The Bertz CT molecular complexity index is 837. The third-order valence-corrected chi connectivity index (χ3v) is 4.60. The van der Waals surface area contributed by atoms with Crippen LogP contribution in [0.15, 0.2) is 22.7 Å². The van der Waals surface area contributed by atoms with Gasteiger partial charge >= 0.3 is 0 Å². The number of thiazole rings is 1. The van der Waals surface area contributed by atoms with Gasteiger partial charge in [-0.2, -0.15) is 0 Å². The fourth-order valence-corrected chi connectivity index (χ4v) is 3.37. The topological polar surface area (TPSA) is 53.4 Å². The van der Waals surface area contributed by atoms with Gasteiger partial charge in [0.25, 0.3) is 0 Å². The van der Waals surface area contributed by atoms with Crippen LogP contribution in [0.25, 0.3) is 20.8 Å². The number of hydrogen-bond donors (Lipinski definition) is 2. The number of nitrogens with zero attached hydrogens (tertiary/aromatic N) is 1. The van der Waals surface area contributed by atoms with Crippen molar-refractivity contribution in [2.24, 2.45) is 0 Å². The maximum Gasteiger partial charge on any atom is 0.187 e. The van der Waals surface area contributed by atoms with E-state index in [0.717, 1.165) is 17.4 Å². The molecule has 2 aromatic carbocycles. The lowest BCUT2D eigenvalue weighted by atomic mass is 10.2. The number of hydrogen-bond acceptors (Lipinski definition) is 4. The molecule has 0 aliphatic rings. The molecule has 1 heterocycles. The summed E-state index contributed by atoms with van der Waals surface area (Å²) >= 11 is 3.42. The summed E-state index contributed by atoms with van der Waals surface area (Å²) < 4.78 is 40.5. The van der Waals surface area contributed by atoms with Gasteiger partial charge in [0.2, 0.25) is 0 Å². The first kappa shape index (κ1) is 14.2. The molecule has 108 valence electrons. The third-order valence-electron chi connectivity index (χ3n) is 2.82. The van der Waals surface area contributed by atoms with Gasteiger partial charge in [-0.05, 0) is 28.1 Å². The quantitative estimate of drug-likeness (QED) is 0.484. The first-order valence-electron chi connectivity index (χ1n) is 5.55. The summed E-state index contributed by atoms with van der Waals surface area (Å²) in [5, 5.41) is 19.1. The molecule has 2 N–H and O–H groups in total. The molecule has 3 aromatic rings. The highest BCUT2D eigenvalue weighted by molar-refractivity contribution is 9.10. The van der Waals surface area contributed by atoms with Crippen LogP contribution in [0.3, 0.4) is 0 Å². The van der Waals surface area contributed by atoms with Crippen LogP contribution in [0.5, 0.6) is 11.5 Å². The first-order chi connectivity index (χ1) is 9.90. The standard InChI is InChI=1S/C13H5BrF3NO2S/c14-7-8(15)10(17)11-12(9(7)16)21-13(18-11)5-2-1-4(19)3-6(5)20/h1-3,19-20H. The Balaban J connectivity index is 2.31. The van der Waals surface area contributed by atoms with Crippen molar-refractivity contribution in [3.8, 4) is 22.1 Å². The highest BCUT2D eigenvalue weighted by Gasteiger charge is 2.23. The molecule has 0 radical (unpaired) electrons. The molecule has 0 saturated heterocycles. The Morgan fingerprint density at radius 2 is 1.76 bits per heavy atom. The Labute approximate surface area is 128 Å². The van der Waals surface area contributed by atoms with Crippen molar-refractivity contribution in [3.63, 3.8) is 0 Å². The van der Waals surface area contributed by atoms with Crippen LogP contribution in [0.1, 0.15) is 0 Å². The van der Waals surface area contributed by atoms with E-state index in [0.29, 0.717) is 0 Å². The van der Waals surface area contributed by atoms with Gasteiger partial charge in [-0.1, -0.05) is 0 Å². The molecule has 3 nitrogen and oxygen atoms in total. The van der Waals surface area contributed by atoms with Gasteiger partial charge in [-0.25, -0.2) is 18.2 Å². The number of aromatic nitrogens is 1. The molecule has 0 bridgehead atoms. The van der Waals surface area contributed by atoms with E-state index in [2.05, 4.69) is 20.9 Å². The number of fused-ring (bicyclic) bond motifs is 1. The number of halogens is 4. The minimum Gasteiger partial charge on any atom is -0.508 e. The van der Waals surface area contributed by atoms with Crippen LogP contribution >= 0.6 is 27.3 Å². The normalized spacial score (nSPS) is 11.2. The summed E-state index contributed by atoms with van der Waals surface area (Å²) in [5.74, 6) is -4.03. The van der Waals surface area contributed by atoms with Gasteiger partial charge in [0.15, 0.2) is 17.5 Å². The molecular weight excluding hydrogens is 371 g/mol. The highest BCUT2D eigenvalue weighted by atomic mass is 79.9. The smallest absolute Gasteiger partial charge is 0.187 e. The second kappa shape index (κ2) is 4.88. The Morgan fingerprint density at radius 1 is 1.05 bits per heavy atom. The number of phenolic OH excluding ortho intramolecular Hbond substituents is 2. The van der Waals surface area contributed by atoms with Gasteiger partial charge in [0, 0.05) is 6.07 Å². The summed E-state index contributed by atoms with van der Waals surface area (Å²) in [6, 6.07) is 3.72. The Hall–Kier alpha value is -1.80. The highest BCUT2D eigenvalue weighted by Crippen LogP contribution is 2.40. The minimum atomic E-state index is -1.35. The van der Waals surface area contributed by atoms with Crippen LogP contribution in [-0.2, 0) is 0 Å². The molecule has 0 saturated carbocycles. The lowest BCUT2D eigenvalue weighted by Gasteiger charge is -2.00. The average molecular weight is 376 g/mol. The van der Waals surface area contributed by atoms with Crippen LogP contribution in [0.4, 0.5) is 13.2 Å². The summed E-state index contributed by atoms with van der Waals surface area (Å²) in [4.78, 5) is 3.84. The molecule has 0 unspecified atom stereocenters. The summed E-state index contributed by atoms with van der Waals surface area (Å²) in [6.07, 6.45) is 0. The zero-order valence-electron chi connectivity index (χ0n) is 9.99.